The van der Waals surface area contributed by atoms with Crippen molar-refractivity contribution >= 4 is 11.9 Å². The van der Waals surface area contributed by atoms with Crippen LogP contribution < -0.4 is 4.74 Å². The van der Waals surface area contributed by atoms with Crippen molar-refractivity contribution in [1.82, 2.24) is 0 Å². The second-order valence-corrected chi connectivity index (χ2v) is 6.37. The van der Waals surface area contributed by atoms with E-state index in [9.17, 15) is 40.2 Å². The molecule has 162 valence electrons. The van der Waals surface area contributed by atoms with Gasteiger partial charge in [-0.1, -0.05) is 20.3 Å². The summed E-state index contributed by atoms with van der Waals surface area (Å²) in [4.78, 5) is 25.1. The molecule has 0 bridgehead atoms. The van der Waals surface area contributed by atoms with Crippen molar-refractivity contribution in [2.45, 2.75) is 33.1 Å². The van der Waals surface area contributed by atoms with E-state index in [0.717, 1.165) is 12.1 Å². The van der Waals surface area contributed by atoms with E-state index in [-0.39, 0.29) is 18.6 Å². The number of hydrogen-bond acceptors (Lipinski definition) is 10. The second-order valence-electron chi connectivity index (χ2n) is 6.37. The molecule has 0 aliphatic rings. The van der Waals surface area contributed by atoms with E-state index in [1.807, 2.05) is 0 Å². The van der Waals surface area contributed by atoms with Crippen LogP contribution in [0.5, 0.6) is 40.2 Å². The maximum Gasteiger partial charge on any atom is 0.343 e. The van der Waals surface area contributed by atoms with Crippen LogP contribution in [0.1, 0.15) is 53.0 Å². The average molecular weight is 422 g/mol. The SMILES string of the molecule is CCCOC(=O)c1c(CCC)c(O)c(O)c(O)c1OC(=O)c1cc(O)c(O)c(O)c1. The van der Waals surface area contributed by atoms with Gasteiger partial charge in [0, 0.05) is 5.56 Å². The summed E-state index contributed by atoms with van der Waals surface area (Å²) in [7, 11) is 0. The van der Waals surface area contributed by atoms with E-state index in [1.54, 1.807) is 13.8 Å². The fourth-order valence-corrected chi connectivity index (χ4v) is 2.69. The van der Waals surface area contributed by atoms with Gasteiger partial charge in [0.25, 0.3) is 0 Å². The summed E-state index contributed by atoms with van der Waals surface area (Å²) in [6.07, 6.45) is 0.993. The molecule has 0 aromatic heterocycles. The topological polar surface area (TPSA) is 174 Å². The highest BCUT2D eigenvalue weighted by molar-refractivity contribution is 6.00. The predicted molar refractivity (Wildman–Crippen MR) is 102 cm³/mol. The molecule has 2 aromatic rings. The highest BCUT2D eigenvalue weighted by Gasteiger charge is 2.31. The van der Waals surface area contributed by atoms with Crippen LogP contribution >= 0.6 is 0 Å². The molecule has 2 rings (SSSR count). The summed E-state index contributed by atoms with van der Waals surface area (Å²) in [5.41, 5.74) is -0.966. The number of phenols is 6. The van der Waals surface area contributed by atoms with Gasteiger partial charge in [0.05, 0.1) is 12.2 Å². The molecule has 6 N–H and O–H groups in total. The van der Waals surface area contributed by atoms with Crippen LogP contribution in [-0.4, -0.2) is 49.2 Å². The fraction of sp³-hybridized carbons (Fsp3) is 0.300. The molecule has 10 nitrogen and oxygen atoms in total. The van der Waals surface area contributed by atoms with Gasteiger partial charge in [-0.2, -0.15) is 0 Å². The molecule has 0 unspecified atom stereocenters. The molecule has 0 saturated heterocycles. The third-order valence-corrected chi connectivity index (χ3v) is 4.12. The lowest BCUT2D eigenvalue weighted by Gasteiger charge is -2.18. The molecule has 10 heteroatoms. The summed E-state index contributed by atoms with van der Waals surface area (Å²) in [6, 6.07) is 1.58. The third-order valence-electron chi connectivity index (χ3n) is 4.12. The predicted octanol–water partition coefficient (Wildman–Crippen LogP) is 2.66. The van der Waals surface area contributed by atoms with Crippen molar-refractivity contribution in [2.75, 3.05) is 6.61 Å². The summed E-state index contributed by atoms with van der Waals surface area (Å²) in [5, 5.41) is 59.0. The Kier molecular flexibility index (Phi) is 6.83. The highest BCUT2D eigenvalue weighted by atomic mass is 16.6. The number of carbonyl (C=O) groups is 2. The average Bonchev–Trinajstić information content (AvgIpc) is 2.71. The molecule has 0 fully saturated rings. The Bertz CT molecular complexity index is 957. The van der Waals surface area contributed by atoms with Gasteiger partial charge in [0.15, 0.2) is 28.7 Å². The van der Waals surface area contributed by atoms with Crippen LogP contribution in [0.2, 0.25) is 0 Å². The molecule has 0 heterocycles. The number of ether oxygens (including phenoxy) is 2. The minimum Gasteiger partial charge on any atom is -0.504 e. The summed E-state index contributed by atoms with van der Waals surface area (Å²) in [6.45, 7) is 3.49. The fourth-order valence-electron chi connectivity index (χ4n) is 2.69. The maximum absolute atomic E-state index is 12.6. The molecular formula is C20H22O10. The number of aromatic hydroxyl groups is 6. The minimum absolute atomic E-state index is 0.0138. The molecule has 0 aliphatic heterocycles. The van der Waals surface area contributed by atoms with Crippen molar-refractivity contribution in [1.29, 1.82) is 0 Å². The Morgan fingerprint density at radius 2 is 1.40 bits per heavy atom. The number of phenolic OH excluding ortho intramolecular Hbond substituents is 6. The normalized spacial score (nSPS) is 10.6. The standard InChI is InChI=1S/C20H22O10/c1-3-5-10-13(20(28)29-6-4-2)18(17(26)16(25)14(10)23)30-19(27)9-7-11(21)15(24)12(22)8-9/h7-8,21-26H,3-6H2,1-2H3. The van der Waals surface area contributed by atoms with Gasteiger partial charge < -0.3 is 40.1 Å². The molecule has 0 aliphatic carbocycles. The Morgan fingerprint density at radius 1 is 0.800 bits per heavy atom. The molecule has 2 aromatic carbocycles. The van der Waals surface area contributed by atoms with Gasteiger partial charge in [-0.05, 0) is 25.0 Å². The first-order chi connectivity index (χ1) is 14.1. The zero-order chi connectivity index (χ0) is 22.6. The van der Waals surface area contributed by atoms with E-state index < -0.39 is 63.3 Å². The van der Waals surface area contributed by atoms with Crippen molar-refractivity contribution in [3.05, 3.63) is 28.8 Å². The van der Waals surface area contributed by atoms with E-state index in [1.165, 1.54) is 0 Å². The highest BCUT2D eigenvalue weighted by Crippen LogP contribution is 2.49. The Balaban J connectivity index is 2.62. The molecule has 30 heavy (non-hydrogen) atoms. The number of carbonyl (C=O) groups excluding carboxylic acids is 2. The van der Waals surface area contributed by atoms with Crippen molar-refractivity contribution in [2.24, 2.45) is 0 Å². The van der Waals surface area contributed by atoms with E-state index in [0.29, 0.717) is 12.8 Å². The molecule has 0 atom stereocenters. The number of hydrogen-bond donors (Lipinski definition) is 6. The van der Waals surface area contributed by atoms with Crippen LogP contribution in [-0.2, 0) is 11.2 Å². The largest absolute Gasteiger partial charge is 0.504 e. The van der Waals surface area contributed by atoms with E-state index in [2.05, 4.69) is 0 Å². The summed E-state index contributed by atoms with van der Waals surface area (Å²) >= 11 is 0. The van der Waals surface area contributed by atoms with Gasteiger partial charge >= 0.3 is 11.9 Å². The van der Waals surface area contributed by atoms with Crippen LogP contribution in [0.25, 0.3) is 0 Å². The lowest BCUT2D eigenvalue weighted by molar-refractivity contribution is 0.0496. The Morgan fingerprint density at radius 3 is 1.93 bits per heavy atom. The second kappa shape index (κ2) is 9.12. The lowest BCUT2D eigenvalue weighted by Crippen LogP contribution is -2.16. The number of benzene rings is 2. The van der Waals surface area contributed by atoms with Crippen molar-refractivity contribution in [3.8, 4) is 40.2 Å². The number of esters is 2. The Labute approximate surface area is 171 Å². The smallest absolute Gasteiger partial charge is 0.343 e. The van der Waals surface area contributed by atoms with Gasteiger partial charge in [-0.25, -0.2) is 9.59 Å². The van der Waals surface area contributed by atoms with Crippen LogP contribution in [0.4, 0.5) is 0 Å². The first kappa shape index (κ1) is 22.5. The maximum atomic E-state index is 12.6. The van der Waals surface area contributed by atoms with E-state index >= 15 is 0 Å². The Hall–Kier alpha value is -3.82. The molecule has 0 saturated carbocycles. The van der Waals surface area contributed by atoms with E-state index in [4.69, 9.17) is 9.47 Å². The molecule has 0 spiro atoms. The van der Waals surface area contributed by atoms with Crippen molar-refractivity contribution < 1.29 is 49.7 Å². The van der Waals surface area contributed by atoms with Gasteiger partial charge in [-0.15, -0.1) is 0 Å². The summed E-state index contributed by atoms with van der Waals surface area (Å²) < 4.78 is 10.1. The van der Waals surface area contributed by atoms with Gasteiger partial charge in [0.2, 0.25) is 11.5 Å². The molecular weight excluding hydrogens is 400 g/mol. The quantitative estimate of drug-likeness (QED) is 0.221. The van der Waals surface area contributed by atoms with Gasteiger partial charge in [-0.3, -0.25) is 0 Å². The van der Waals surface area contributed by atoms with Crippen LogP contribution in [0, 0.1) is 0 Å². The molecule has 0 radical (unpaired) electrons. The number of rotatable bonds is 7. The van der Waals surface area contributed by atoms with Crippen LogP contribution in [0.15, 0.2) is 12.1 Å². The monoisotopic (exact) mass is 422 g/mol. The van der Waals surface area contributed by atoms with Crippen molar-refractivity contribution in [3.63, 3.8) is 0 Å². The zero-order valence-electron chi connectivity index (χ0n) is 16.3. The first-order valence-electron chi connectivity index (χ1n) is 9.07. The van der Waals surface area contributed by atoms with Crippen LogP contribution in [0.3, 0.4) is 0 Å². The summed E-state index contributed by atoms with van der Waals surface area (Å²) in [5.74, 6) is -8.29. The third kappa shape index (κ3) is 4.27. The molecule has 0 amide bonds. The first-order valence-corrected chi connectivity index (χ1v) is 9.07. The lowest BCUT2D eigenvalue weighted by atomic mass is 9.99. The van der Waals surface area contributed by atoms with Gasteiger partial charge in [0.1, 0.15) is 5.56 Å². The minimum atomic E-state index is -1.24. The zero-order valence-corrected chi connectivity index (χ0v) is 16.3.